The first-order valence-corrected chi connectivity index (χ1v) is 9.66. The van der Waals surface area contributed by atoms with Crippen molar-refractivity contribution in [2.75, 3.05) is 7.05 Å². The summed E-state index contributed by atoms with van der Waals surface area (Å²) in [5.41, 5.74) is 3.49. The highest BCUT2D eigenvalue weighted by Crippen LogP contribution is 2.41. The smallest absolute Gasteiger partial charge is 0.269 e. The lowest BCUT2D eigenvalue weighted by atomic mass is 9.93. The number of H-pyrrole nitrogens is 1. The first-order valence-electron chi connectivity index (χ1n) is 9.66. The standard InChI is InChI=1S/C22H24N4O2/c1-12-6-14(12)9-21(27)15-7-18(26-19(8-15)22(28)23-3)13(2)17-10-24-11-20-16(17)4-5-25-20/h4-5,7-8,10-14,25H,6,9H2,1-3H3,(H,23,28)/t12-,13-,14+/m0/s1. The van der Waals surface area contributed by atoms with Crippen LogP contribution in [0.2, 0.25) is 0 Å². The molecule has 0 unspecified atom stereocenters. The van der Waals surface area contributed by atoms with E-state index in [2.05, 4.69) is 27.2 Å². The van der Waals surface area contributed by atoms with E-state index in [1.165, 1.54) is 0 Å². The molecule has 1 fully saturated rings. The maximum Gasteiger partial charge on any atom is 0.269 e. The van der Waals surface area contributed by atoms with E-state index in [4.69, 9.17) is 0 Å². The molecule has 1 amide bonds. The van der Waals surface area contributed by atoms with E-state index >= 15 is 0 Å². The lowest BCUT2D eigenvalue weighted by molar-refractivity contribution is 0.0958. The van der Waals surface area contributed by atoms with Gasteiger partial charge in [0.2, 0.25) is 0 Å². The minimum atomic E-state index is -0.291. The number of aromatic nitrogens is 3. The Labute approximate surface area is 163 Å². The number of hydrogen-bond acceptors (Lipinski definition) is 4. The zero-order chi connectivity index (χ0) is 19.8. The minimum absolute atomic E-state index is 0.0772. The molecule has 3 aromatic rings. The largest absolute Gasteiger partial charge is 0.360 e. The molecule has 0 aliphatic heterocycles. The molecular formula is C22H24N4O2. The van der Waals surface area contributed by atoms with Gasteiger partial charge in [-0.15, -0.1) is 0 Å². The molecule has 0 radical (unpaired) electrons. The molecule has 4 rings (SSSR count). The van der Waals surface area contributed by atoms with Crippen molar-refractivity contribution in [3.8, 4) is 0 Å². The average Bonchev–Trinajstić information content (AvgIpc) is 3.19. The number of Topliss-reactive ketones (excluding diaryl/α,β-unsaturated/α-hetero) is 1. The Morgan fingerprint density at radius 2 is 2.11 bits per heavy atom. The van der Waals surface area contributed by atoms with Gasteiger partial charge in [0, 0.05) is 48.4 Å². The van der Waals surface area contributed by atoms with Crippen molar-refractivity contribution in [1.29, 1.82) is 0 Å². The van der Waals surface area contributed by atoms with Crippen LogP contribution in [0.15, 0.2) is 36.8 Å². The zero-order valence-corrected chi connectivity index (χ0v) is 16.3. The molecule has 0 spiro atoms. The molecule has 0 bridgehead atoms. The number of amides is 1. The van der Waals surface area contributed by atoms with Crippen molar-refractivity contribution in [3.63, 3.8) is 0 Å². The van der Waals surface area contributed by atoms with Gasteiger partial charge in [0.25, 0.3) is 5.91 Å². The summed E-state index contributed by atoms with van der Waals surface area (Å²) < 4.78 is 0. The molecule has 2 N–H and O–H groups in total. The topological polar surface area (TPSA) is 87.7 Å². The maximum absolute atomic E-state index is 12.8. The fourth-order valence-corrected chi connectivity index (χ4v) is 3.73. The molecule has 1 saturated carbocycles. The quantitative estimate of drug-likeness (QED) is 0.642. The van der Waals surface area contributed by atoms with Crippen LogP contribution in [0.1, 0.15) is 64.7 Å². The second-order valence-corrected chi connectivity index (χ2v) is 7.73. The van der Waals surface area contributed by atoms with Gasteiger partial charge < -0.3 is 10.3 Å². The van der Waals surface area contributed by atoms with E-state index < -0.39 is 0 Å². The number of rotatable bonds is 6. The number of hydrogen-bond donors (Lipinski definition) is 2. The lowest BCUT2D eigenvalue weighted by Crippen LogP contribution is -2.21. The van der Waals surface area contributed by atoms with Crippen LogP contribution in [-0.2, 0) is 0 Å². The molecule has 6 heteroatoms. The van der Waals surface area contributed by atoms with Crippen molar-refractivity contribution in [2.45, 2.75) is 32.6 Å². The van der Waals surface area contributed by atoms with Crippen LogP contribution in [0.3, 0.4) is 0 Å². The van der Waals surface area contributed by atoms with Crippen molar-refractivity contribution in [1.82, 2.24) is 20.3 Å². The molecule has 1 aliphatic rings. The van der Waals surface area contributed by atoms with Crippen LogP contribution in [0, 0.1) is 11.8 Å². The molecule has 0 saturated heterocycles. The van der Waals surface area contributed by atoms with Crippen LogP contribution in [0.5, 0.6) is 0 Å². The molecule has 28 heavy (non-hydrogen) atoms. The van der Waals surface area contributed by atoms with Gasteiger partial charge in [0.1, 0.15) is 5.69 Å². The Bertz CT molecular complexity index is 1060. The highest BCUT2D eigenvalue weighted by molar-refractivity contribution is 6.00. The Balaban J connectivity index is 1.74. The van der Waals surface area contributed by atoms with E-state index in [9.17, 15) is 9.59 Å². The third-order valence-corrected chi connectivity index (χ3v) is 5.77. The maximum atomic E-state index is 12.8. The highest BCUT2D eigenvalue weighted by atomic mass is 16.1. The van der Waals surface area contributed by atoms with Crippen LogP contribution in [0.25, 0.3) is 10.9 Å². The van der Waals surface area contributed by atoms with E-state index in [1.807, 2.05) is 31.5 Å². The van der Waals surface area contributed by atoms with Crippen molar-refractivity contribution in [3.05, 3.63) is 59.3 Å². The van der Waals surface area contributed by atoms with Crippen LogP contribution in [0.4, 0.5) is 0 Å². The van der Waals surface area contributed by atoms with Gasteiger partial charge in [-0.3, -0.25) is 14.6 Å². The Morgan fingerprint density at radius 1 is 1.32 bits per heavy atom. The SMILES string of the molecule is CNC(=O)c1cc(C(=O)C[C@H]2C[C@@H]2C)cc([C@@H](C)c2cncc3[nH]ccc23)n1. The molecule has 1 aliphatic carbocycles. The van der Waals surface area contributed by atoms with Gasteiger partial charge in [-0.1, -0.05) is 13.8 Å². The van der Waals surface area contributed by atoms with E-state index in [1.54, 1.807) is 19.3 Å². The zero-order valence-electron chi connectivity index (χ0n) is 16.3. The van der Waals surface area contributed by atoms with Gasteiger partial charge >= 0.3 is 0 Å². The van der Waals surface area contributed by atoms with E-state index in [-0.39, 0.29) is 23.3 Å². The predicted molar refractivity (Wildman–Crippen MR) is 107 cm³/mol. The number of carbonyl (C=O) groups is 2. The van der Waals surface area contributed by atoms with Gasteiger partial charge in [-0.2, -0.15) is 0 Å². The number of carbonyl (C=O) groups excluding carboxylic acids is 2. The molecule has 3 aromatic heterocycles. The van der Waals surface area contributed by atoms with E-state index in [0.717, 1.165) is 22.9 Å². The average molecular weight is 376 g/mol. The third-order valence-electron chi connectivity index (χ3n) is 5.77. The highest BCUT2D eigenvalue weighted by Gasteiger charge is 2.34. The summed E-state index contributed by atoms with van der Waals surface area (Å²) in [5, 5.41) is 3.67. The summed E-state index contributed by atoms with van der Waals surface area (Å²) in [6.45, 7) is 4.19. The first kappa shape index (κ1) is 18.3. The normalized spacial score (nSPS) is 19.4. The Kier molecular flexibility index (Phi) is 4.71. The molecule has 3 atom stereocenters. The van der Waals surface area contributed by atoms with Crippen LogP contribution < -0.4 is 5.32 Å². The van der Waals surface area contributed by atoms with Crippen LogP contribution in [-0.4, -0.2) is 33.7 Å². The first-order chi connectivity index (χ1) is 13.5. The lowest BCUT2D eigenvalue weighted by Gasteiger charge is -2.15. The Hall–Kier alpha value is -3.02. The number of nitrogens with zero attached hydrogens (tertiary/aromatic N) is 2. The Morgan fingerprint density at radius 3 is 2.82 bits per heavy atom. The summed E-state index contributed by atoms with van der Waals surface area (Å²) in [7, 11) is 1.57. The second-order valence-electron chi connectivity index (χ2n) is 7.73. The van der Waals surface area contributed by atoms with E-state index in [0.29, 0.717) is 29.5 Å². The van der Waals surface area contributed by atoms with Gasteiger partial charge in [0.15, 0.2) is 5.78 Å². The van der Waals surface area contributed by atoms with Crippen LogP contribution >= 0.6 is 0 Å². The third kappa shape index (κ3) is 3.42. The molecular weight excluding hydrogens is 352 g/mol. The molecule has 3 heterocycles. The minimum Gasteiger partial charge on any atom is -0.360 e. The summed E-state index contributed by atoms with van der Waals surface area (Å²) in [4.78, 5) is 37.1. The summed E-state index contributed by atoms with van der Waals surface area (Å²) in [6, 6.07) is 5.45. The van der Waals surface area contributed by atoms with Gasteiger partial charge in [-0.25, -0.2) is 4.98 Å². The fourth-order valence-electron chi connectivity index (χ4n) is 3.73. The van der Waals surface area contributed by atoms with Crippen molar-refractivity contribution < 1.29 is 9.59 Å². The number of aromatic amines is 1. The van der Waals surface area contributed by atoms with Crippen molar-refractivity contribution in [2.24, 2.45) is 11.8 Å². The summed E-state index contributed by atoms with van der Waals surface area (Å²) in [6.07, 6.45) is 7.11. The molecule has 6 nitrogen and oxygen atoms in total. The molecule has 0 aromatic carbocycles. The predicted octanol–water partition coefficient (Wildman–Crippen LogP) is 3.70. The number of ketones is 1. The fraction of sp³-hybridized carbons (Fsp3) is 0.364. The number of nitrogens with one attached hydrogen (secondary N) is 2. The summed E-state index contributed by atoms with van der Waals surface area (Å²) in [5.74, 6) is 0.750. The second kappa shape index (κ2) is 7.19. The summed E-state index contributed by atoms with van der Waals surface area (Å²) >= 11 is 0. The number of fused-ring (bicyclic) bond motifs is 1. The van der Waals surface area contributed by atoms with Gasteiger partial charge in [0.05, 0.1) is 11.7 Å². The monoisotopic (exact) mass is 376 g/mol. The molecule has 144 valence electrons. The van der Waals surface area contributed by atoms with Crippen molar-refractivity contribution >= 4 is 22.6 Å². The van der Waals surface area contributed by atoms with Gasteiger partial charge in [-0.05, 0) is 42.0 Å². The number of pyridine rings is 2.